The summed E-state index contributed by atoms with van der Waals surface area (Å²) in [7, 11) is 3.10. The zero-order valence-electron chi connectivity index (χ0n) is 15.4. The van der Waals surface area contributed by atoms with Crippen LogP contribution in [0.1, 0.15) is 10.4 Å². The van der Waals surface area contributed by atoms with E-state index in [0.29, 0.717) is 22.7 Å². The first-order valence-electron chi connectivity index (χ1n) is 8.67. The zero-order valence-corrected chi connectivity index (χ0v) is 16.2. The van der Waals surface area contributed by atoms with Gasteiger partial charge in [-0.1, -0.05) is 12.1 Å². The molecule has 0 saturated heterocycles. The fourth-order valence-electron chi connectivity index (χ4n) is 2.88. The summed E-state index contributed by atoms with van der Waals surface area (Å²) in [6.07, 6.45) is 0. The Kier molecular flexibility index (Phi) is 4.95. The van der Waals surface area contributed by atoms with Crippen LogP contribution in [0.3, 0.4) is 0 Å². The first kappa shape index (κ1) is 18.0. The van der Waals surface area contributed by atoms with Crippen molar-refractivity contribution >= 4 is 33.1 Å². The molecule has 0 fully saturated rings. The normalized spacial score (nSPS) is 10.6. The summed E-state index contributed by atoms with van der Waals surface area (Å²) in [6, 6.07) is 20.8. The molecule has 0 radical (unpaired) electrons. The molecule has 28 heavy (non-hydrogen) atoms. The van der Waals surface area contributed by atoms with E-state index in [-0.39, 0.29) is 5.91 Å². The third kappa shape index (κ3) is 3.54. The number of nitrogens with zero attached hydrogens (tertiary/aromatic N) is 1. The van der Waals surface area contributed by atoms with Gasteiger partial charge in [-0.25, -0.2) is 4.98 Å². The Morgan fingerprint density at radius 2 is 1.75 bits per heavy atom. The van der Waals surface area contributed by atoms with Crippen LogP contribution in [0.2, 0.25) is 0 Å². The molecule has 0 bridgehead atoms. The van der Waals surface area contributed by atoms with E-state index in [4.69, 9.17) is 9.47 Å². The summed E-state index contributed by atoms with van der Waals surface area (Å²) >= 11 is 1.65. The van der Waals surface area contributed by atoms with Gasteiger partial charge in [-0.2, -0.15) is 0 Å². The number of ether oxygens (including phenoxy) is 2. The van der Waals surface area contributed by atoms with Gasteiger partial charge < -0.3 is 14.8 Å². The van der Waals surface area contributed by atoms with Crippen LogP contribution in [-0.4, -0.2) is 25.1 Å². The van der Waals surface area contributed by atoms with E-state index in [9.17, 15) is 4.79 Å². The van der Waals surface area contributed by atoms with E-state index in [1.807, 2.05) is 42.5 Å². The van der Waals surface area contributed by atoms with Gasteiger partial charge in [0.1, 0.15) is 16.5 Å². The summed E-state index contributed by atoms with van der Waals surface area (Å²) in [4.78, 5) is 17.3. The SMILES string of the molecule is COc1ccc(C(=O)Nc2ccc(-c3nc4ccccc4s3)cc2)c(OC)c1. The number of hydrogen-bond donors (Lipinski definition) is 1. The van der Waals surface area contributed by atoms with Gasteiger partial charge in [-0.3, -0.25) is 4.79 Å². The molecule has 140 valence electrons. The fourth-order valence-corrected chi connectivity index (χ4v) is 3.85. The lowest BCUT2D eigenvalue weighted by atomic mass is 10.1. The van der Waals surface area contributed by atoms with E-state index in [2.05, 4.69) is 16.4 Å². The van der Waals surface area contributed by atoms with Crippen LogP contribution in [0.15, 0.2) is 66.7 Å². The second-order valence-electron chi connectivity index (χ2n) is 6.08. The number of benzene rings is 3. The van der Waals surface area contributed by atoms with Crippen molar-refractivity contribution in [3.05, 3.63) is 72.3 Å². The third-order valence-corrected chi connectivity index (χ3v) is 5.42. The molecule has 0 unspecified atom stereocenters. The minimum Gasteiger partial charge on any atom is -0.497 e. The van der Waals surface area contributed by atoms with Crippen LogP contribution in [0, 0.1) is 0 Å². The highest BCUT2D eigenvalue weighted by molar-refractivity contribution is 7.21. The topological polar surface area (TPSA) is 60.5 Å². The number of hydrogen-bond acceptors (Lipinski definition) is 5. The van der Waals surface area contributed by atoms with Crippen LogP contribution in [0.25, 0.3) is 20.8 Å². The van der Waals surface area contributed by atoms with Crippen molar-refractivity contribution in [2.45, 2.75) is 0 Å². The predicted octanol–water partition coefficient (Wildman–Crippen LogP) is 5.23. The van der Waals surface area contributed by atoms with E-state index in [0.717, 1.165) is 20.8 Å². The smallest absolute Gasteiger partial charge is 0.259 e. The largest absolute Gasteiger partial charge is 0.497 e. The lowest BCUT2D eigenvalue weighted by Gasteiger charge is -2.11. The second-order valence-corrected chi connectivity index (χ2v) is 7.12. The molecule has 1 aromatic heterocycles. The minimum atomic E-state index is -0.243. The first-order chi connectivity index (χ1) is 13.7. The average Bonchev–Trinajstić information content (AvgIpc) is 3.18. The highest BCUT2D eigenvalue weighted by atomic mass is 32.1. The number of anilines is 1. The Labute approximate surface area is 166 Å². The second kappa shape index (κ2) is 7.70. The molecule has 3 aromatic carbocycles. The number of methoxy groups -OCH3 is 2. The fraction of sp³-hybridized carbons (Fsp3) is 0.0909. The number of fused-ring (bicyclic) bond motifs is 1. The number of amides is 1. The molecule has 4 aromatic rings. The number of carbonyl (C=O) groups excluding carboxylic acids is 1. The maximum Gasteiger partial charge on any atom is 0.259 e. The van der Waals surface area contributed by atoms with Crippen LogP contribution in [-0.2, 0) is 0 Å². The van der Waals surface area contributed by atoms with Gasteiger partial charge in [-0.05, 0) is 48.5 Å². The van der Waals surface area contributed by atoms with Gasteiger partial charge in [0.05, 0.1) is 30.0 Å². The van der Waals surface area contributed by atoms with Crippen LogP contribution < -0.4 is 14.8 Å². The standard InChI is InChI=1S/C22H18N2O3S/c1-26-16-11-12-17(19(13-16)27-2)21(25)23-15-9-7-14(8-10-15)22-24-18-5-3-4-6-20(18)28-22/h3-13H,1-2H3,(H,23,25). The molecule has 0 spiro atoms. The molecule has 1 heterocycles. The lowest BCUT2D eigenvalue weighted by molar-refractivity contribution is 0.102. The molecule has 4 rings (SSSR count). The van der Waals surface area contributed by atoms with Gasteiger partial charge in [0, 0.05) is 17.3 Å². The van der Waals surface area contributed by atoms with Crippen molar-refractivity contribution in [3.8, 4) is 22.1 Å². The molecule has 0 saturated carbocycles. The van der Waals surface area contributed by atoms with Crippen molar-refractivity contribution in [1.29, 1.82) is 0 Å². The quantitative estimate of drug-likeness (QED) is 0.507. The molecule has 1 amide bonds. The number of aromatic nitrogens is 1. The Balaban J connectivity index is 1.54. The molecule has 6 heteroatoms. The van der Waals surface area contributed by atoms with Gasteiger partial charge in [-0.15, -0.1) is 11.3 Å². The summed E-state index contributed by atoms with van der Waals surface area (Å²) in [5.74, 6) is 0.851. The number of thiazole rings is 1. The number of nitrogens with one attached hydrogen (secondary N) is 1. The Bertz CT molecular complexity index is 1100. The van der Waals surface area contributed by atoms with E-state index in [1.54, 1.807) is 36.6 Å². The Morgan fingerprint density at radius 1 is 0.964 bits per heavy atom. The monoisotopic (exact) mass is 390 g/mol. The Hall–Kier alpha value is -3.38. The molecule has 0 aliphatic heterocycles. The van der Waals surface area contributed by atoms with Gasteiger partial charge in [0.15, 0.2) is 0 Å². The van der Waals surface area contributed by atoms with Crippen molar-refractivity contribution in [2.75, 3.05) is 19.5 Å². The average molecular weight is 390 g/mol. The van der Waals surface area contributed by atoms with E-state index >= 15 is 0 Å². The molecule has 5 nitrogen and oxygen atoms in total. The first-order valence-corrected chi connectivity index (χ1v) is 9.49. The van der Waals surface area contributed by atoms with Crippen molar-refractivity contribution in [3.63, 3.8) is 0 Å². The maximum atomic E-state index is 12.6. The van der Waals surface area contributed by atoms with Gasteiger partial charge in [0.25, 0.3) is 5.91 Å². The molecule has 0 aliphatic rings. The number of carbonyl (C=O) groups is 1. The maximum absolute atomic E-state index is 12.6. The molecule has 0 atom stereocenters. The predicted molar refractivity (Wildman–Crippen MR) is 113 cm³/mol. The van der Waals surface area contributed by atoms with Crippen molar-refractivity contribution < 1.29 is 14.3 Å². The zero-order chi connectivity index (χ0) is 19.5. The van der Waals surface area contributed by atoms with Crippen molar-refractivity contribution in [2.24, 2.45) is 0 Å². The van der Waals surface area contributed by atoms with E-state index < -0.39 is 0 Å². The highest BCUT2D eigenvalue weighted by Crippen LogP contribution is 2.31. The van der Waals surface area contributed by atoms with Crippen molar-refractivity contribution in [1.82, 2.24) is 4.98 Å². The molecular weight excluding hydrogens is 372 g/mol. The summed E-state index contributed by atoms with van der Waals surface area (Å²) in [5.41, 5.74) is 3.15. The molecule has 1 N–H and O–H groups in total. The van der Waals surface area contributed by atoms with E-state index in [1.165, 1.54) is 7.11 Å². The van der Waals surface area contributed by atoms with Crippen LogP contribution >= 0.6 is 11.3 Å². The Morgan fingerprint density at radius 3 is 2.46 bits per heavy atom. The summed E-state index contributed by atoms with van der Waals surface area (Å²) in [6.45, 7) is 0. The lowest BCUT2D eigenvalue weighted by Crippen LogP contribution is -2.13. The van der Waals surface area contributed by atoms with Crippen LogP contribution in [0.5, 0.6) is 11.5 Å². The van der Waals surface area contributed by atoms with Crippen LogP contribution in [0.4, 0.5) is 5.69 Å². The highest BCUT2D eigenvalue weighted by Gasteiger charge is 2.14. The number of para-hydroxylation sites is 1. The summed E-state index contributed by atoms with van der Waals surface area (Å²) < 4.78 is 11.6. The summed E-state index contributed by atoms with van der Waals surface area (Å²) in [5, 5.41) is 3.85. The third-order valence-electron chi connectivity index (χ3n) is 4.34. The number of rotatable bonds is 5. The molecular formula is C22H18N2O3S. The molecule has 0 aliphatic carbocycles. The van der Waals surface area contributed by atoms with Gasteiger partial charge >= 0.3 is 0 Å². The van der Waals surface area contributed by atoms with Gasteiger partial charge in [0.2, 0.25) is 0 Å². The minimum absolute atomic E-state index is 0.243.